The Balaban J connectivity index is 2.02. The van der Waals surface area contributed by atoms with Crippen molar-refractivity contribution < 1.29 is 64.0 Å². The molecule has 0 fully saturated rings. The highest BCUT2D eigenvalue weighted by atomic mass is 32.2. The molecule has 220 valence electrons. The number of amides is 1. The Kier molecular flexibility index (Phi) is 8.23. The van der Waals surface area contributed by atoms with Crippen LogP contribution in [0.3, 0.4) is 0 Å². The van der Waals surface area contributed by atoms with Crippen LogP contribution in [0.4, 0.5) is 42.5 Å². The van der Waals surface area contributed by atoms with Crippen LogP contribution in [0.25, 0.3) is 0 Å². The summed E-state index contributed by atoms with van der Waals surface area (Å²) >= 11 is 0. The third-order valence-corrected chi connectivity index (χ3v) is 7.46. The number of rotatable bonds is 7. The van der Waals surface area contributed by atoms with E-state index < -0.39 is 75.7 Å². The quantitative estimate of drug-likeness (QED) is 0.398. The summed E-state index contributed by atoms with van der Waals surface area (Å²) in [6.07, 6.45) is -15.2. The van der Waals surface area contributed by atoms with Crippen LogP contribution in [0.1, 0.15) is 25.8 Å². The van der Waals surface area contributed by atoms with Gasteiger partial charge in [0.1, 0.15) is 11.9 Å². The summed E-state index contributed by atoms with van der Waals surface area (Å²) < 4.78 is 117. The number of carboxylic acid groups (broad SMARTS) is 1. The lowest BCUT2D eigenvalue weighted by molar-refractivity contribution is -0.242. The van der Waals surface area contributed by atoms with Crippen molar-refractivity contribution >= 4 is 33.5 Å². The molecule has 0 saturated heterocycles. The molecule has 0 aromatic heterocycles. The largest absolute Gasteiger partial charge is 0.486 e. The van der Waals surface area contributed by atoms with E-state index >= 15 is 0 Å². The minimum absolute atomic E-state index is 0.237. The van der Waals surface area contributed by atoms with E-state index in [1.165, 1.54) is 0 Å². The van der Waals surface area contributed by atoms with E-state index in [9.17, 15) is 49.5 Å². The molecule has 2 aromatic carbocycles. The fraction of sp³-hybridized carbons (Fsp3) is 0.391. The molecule has 1 aliphatic heterocycles. The lowest BCUT2D eigenvalue weighted by Gasteiger charge is -2.36. The van der Waals surface area contributed by atoms with Gasteiger partial charge >= 0.3 is 24.4 Å². The summed E-state index contributed by atoms with van der Waals surface area (Å²) in [4.78, 5) is 22.4. The molecule has 1 heterocycles. The van der Waals surface area contributed by atoms with E-state index in [2.05, 4.69) is 4.74 Å². The van der Waals surface area contributed by atoms with Gasteiger partial charge in [-0.25, -0.2) is 18.0 Å². The number of nitrogens with zero attached hydrogens (tertiary/aromatic N) is 1. The number of benzene rings is 2. The SMILES string of the molecule is CC(C)(OC(=O)Nc1ccc2c(c1)N(S(=O)(=O)c1cccc(C(F)(F)F)c1)C[C@H](C[C@@H](O)C(=O)O)O2)C(F)(F)F. The maximum atomic E-state index is 13.5. The molecule has 0 saturated carbocycles. The molecular formula is C23H22F6N2O8S. The fourth-order valence-corrected chi connectivity index (χ4v) is 5.03. The van der Waals surface area contributed by atoms with E-state index in [-0.39, 0.29) is 17.1 Å². The van der Waals surface area contributed by atoms with Crippen molar-refractivity contribution in [3.8, 4) is 5.75 Å². The van der Waals surface area contributed by atoms with Gasteiger partial charge in [0, 0.05) is 12.1 Å². The molecule has 1 aliphatic rings. The fourth-order valence-electron chi connectivity index (χ4n) is 3.48. The van der Waals surface area contributed by atoms with Crippen LogP contribution in [0.15, 0.2) is 47.4 Å². The number of hydrogen-bond acceptors (Lipinski definition) is 7. The lowest BCUT2D eigenvalue weighted by Crippen LogP contribution is -2.45. The highest BCUT2D eigenvalue weighted by Gasteiger charge is 2.51. The molecule has 0 aliphatic carbocycles. The van der Waals surface area contributed by atoms with Crippen molar-refractivity contribution in [2.75, 3.05) is 16.2 Å². The molecule has 3 N–H and O–H groups in total. The van der Waals surface area contributed by atoms with E-state index in [0.717, 1.165) is 30.3 Å². The van der Waals surface area contributed by atoms with Gasteiger partial charge in [0.2, 0.25) is 5.60 Å². The second kappa shape index (κ2) is 10.7. The molecule has 0 bridgehead atoms. The minimum atomic E-state index is -4.92. The summed E-state index contributed by atoms with van der Waals surface area (Å²) in [6.45, 7) is 0.523. The van der Waals surface area contributed by atoms with Crippen molar-refractivity contribution in [3.63, 3.8) is 0 Å². The van der Waals surface area contributed by atoms with Gasteiger partial charge in [-0.1, -0.05) is 6.07 Å². The second-order valence-electron chi connectivity index (χ2n) is 9.10. The van der Waals surface area contributed by atoms with E-state index in [1.807, 2.05) is 5.32 Å². The van der Waals surface area contributed by atoms with Crippen molar-refractivity contribution in [1.82, 2.24) is 0 Å². The van der Waals surface area contributed by atoms with Crippen LogP contribution in [0.2, 0.25) is 0 Å². The van der Waals surface area contributed by atoms with Crippen LogP contribution in [-0.2, 0) is 25.7 Å². The summed E-state index contributed by atoms with van der Waals surface area (Å²) in [5, 5.41) is 20.8. The van der Waals surface area contributed by atoms with Crippen LogP contribution in [-0.4, -0.2) is 61.2 Å². The third-order valence-electron chi connectivity index (χ3n) is 5.69. The maximum absolute atomic E-state index is 13.5. The number of aliphatic hydroxyl groups is 1. The zero-order valence-electron chi connectivity index (χ0n) is 20.6. The number of aliphatic hydroxyl groups excluding tert-OH is 1. The number of aliphatic carboxylic acids is 1. The first-order valence-electron chi connectivity index (χ1n) is 11.2. The van der Waals surface area contributed by atoms with Crippen molar-refractivity contribution in [2.45, 2.75) is 55.3 Å². The van der Waals surface area contributed by atoms with Crippen molar-refractivity contribution in [2.24, 2.45) is 0 Å². The Hall–Kier alpha value is -3.73. The van der Waals surface area contributed by atoms with Crippen molar-refractivity contribution in [1.29, 1.82) is 0 Å². The number of nitrogens with one attached hydrogen (secondary N) is 1. The standard InChI is InChI=1S/C23H22F6N2O8S/c1-21(2,23(27,28)29)39-20(35)30-13-6-7-18-16(9-13)31(11-14(38-18)10-17(32)19(33)34)40(36,37)15-5-3-4-12(8-15)22(24,25)26/h3-9,14,17,32H,10-11H2,1-2H3,(H,30,35)(H,33,34)/t14-,17+/m0/s1. The van der Waals surface area contributed by atoms with Gasteiger partial charge in [0.25, 0.3) is 10.0 Å². The predicted molar refractivity (Wildman–Crippen MR) is 125 cm³/mol. The molecule has 1 amide bonds. The van der Waals surface area contributed by atoms with Crippen molar-refractivity contribution in [3.05, 3.63) is 48.0 Å². The first-order chi connectivity index (χ1) is 18.2. The summed E-state index contributed by atoms with van der Waals surface area (Å²) in [5.74, 6) is -1.87. The smallest absolute Gasteiger partial charge is 0.427 e. The summed E-state index contributed by atoms with van der Waals surface area (Å²) in [7, 11) is -4.81. The highest BCUT2D eigenvalue weighted by Crippen LogP contribution is 2.41. The predicted octanol–water partition coefficient (Wildman–Crippen LogP) is 4.39. The van der Waals surface area contributed by atoms with Gasteiger partial charge in [-0.05, 0) is 50.2 Å². The second-order valence-corrected chi connectivity index (χ2v) is 11.0. The van der Waals surface area contributed by atoms with Crippen LogP contribution >= 0.6 is 0 Å². The average Bonchev–Trinajstić information content (AvgIpc) is 2.82. The Morgan fingerprint density at radius 1 is 1.12 bits per heavy atom. The first-order valence-corrected chi connectivity index (χ1v) is 12.6. The number of carbonyl (C=O) groups excluding carboxylic acids is 1. The van der Waals surface area contributed by atoms with Gasteiger partial charge in [0.15, 0.2) is 6.10 Å². The number of anilines is 2. The molecule has 40 heavy (non-hydrogen) atoms. The number of alkyl halides is 6. The Bertz CT molecular complexity index is 1390. The number of fused-ring (bicyclic) bond motifs is 1. The van der Waals surface area contributed by atoms with Crippen LogP contribution < -0.4 is 14.4 Å². The Labute approximate surface area is 223 Å². The minimum Gasteiger partial charge on any atom is -0.486 e. The number of ether oxygens (including phenoxy) is 2. The van der Waals surface area contributed by atoms with E-state index in [0.29, 0.717) is 30.3 Å². The van der Waals surface area contributed by atoms with Crippen LogP contribution in [0.5, 0.6) is 5.75 Å². The molecule has 17 heteroatoms. The number of carboxylic acids is 1. The zero-order valence-corrected chi connectivity index (χ0v) is 21.4. The Morgan fingerprint density at radius 3 is 2.35 bits per heavy atom. The number of carbonyl (C=O) groups is 2. The van der Waals surface area contributed by atoms with Crippen LogP contribution in [0, 0.1) is 0 Å². The zero-order chi connectivity index (χ0) is 30.3. The van der Waals surface area contributed by atoms with Gasteiger partial charge in [0.05, 0.1) is 22.7 Å². The van der Waals surface area contributed by atoms with Gasteiger partial charge in [-0.15, -0.1) is 0 Å². The normalized spacial score (nSPS) is 16.9. The Morgan fingerprint density at radius 2 is 1.77 bits per heavy atom. The third kappa shape index (κ3) is 6.70. The molecule has 2 atom stereocenters. The number of hydrogen-bond donors (Lipinski definition) is 3. The van der Waals surface area contributed by atoms with Gasteiger partial charge < -0.3 is 19.7 Å². The monoisotopic (exact) mass is 600 g/mol. The van der Waals surface area contributed by atoms with Gasteiger partial charge in [-0.2, -0.15) is 26.3 Å². The molecule has 2 aromatic rings. The molecule has 0 spiro atoms. The molecular weight excluding hydrogens is 578 g/mol. The summed E-state index contributed by atoms with van der Waals surface area (Å²) in [6, 6.07) is 5.93. The summed E-state index contributed by atoms with van der Waals surface area (Å²) in [5.41, 5.74) is -4.76. The average molecular weight is 600 g/mol. The highest BCUT2D eigenvalue weighted by molar-refractivity contribution is 7.92. The number of sulfonamides is 1. The van der Waals surface area contributed by atoms with Gasteiger partial charge in [-0.3, -0.25) is 9.62 Å². The topological polar surface area (TPSA) is 142 Å². The lowest BCUT2D eigenvalue weighted by atomic mass is 10.1. The van der Waals surface area contributed by atoms with E-state index in [1.54, 1.807) is 0 Å². The van der Waals surface area contributed by atoms with E-state index in [4.69, 9.17) is 9.84 Å². The molecule has 10 nitrogen and oxygen atoms in total. The molecule has 0 unspecified atom stereocenters. The molecule has 0 radical (unpaired) electrons. The maximum Gasteiger partial charge on any atom is 0.427 e. The number of halogens is 6. The first kappa shape index (κ1) is 30.8. The molecule has 3 rings (SSSR count).